The van der Waals surface area contributed by atoms with Gasteiger partial charge in [-0.15, -0.1) is 0 Å². The number of esters is 2. The quantitative estimate of drug-likeness (QED) is 0.112. The minimum atomic E-state index is -4.72. The molecule has 0 aromatic carbocycles. The van der Waals surface area contributed by atoms with Gasteiger partial charge >= 0.3 is 18.0 Å². The van der Waals surface area contributed by atoms with Crippen LogP contribution in [0.3, 0.4) is 0 Å². The second-order valence-corrected chi connectivity index (χ2v) is 10.5. The molecular formula is C19H31N3O10PS-. The third-order valence-electron chi connectivity index (χ3n) is 4.98. The van der Waals surface area contributed by atoms with E-state index in [0.717, 1.165) is 32.4 Å². The Morgan fingerprint density at radius 2 is 1.94 bits per heavy atom. The Labute approximate surface area is 202 Å². The van der Waals surface area contributed by atoms with Gasteiger partial charge in [-0.25, -0.2) is 4.79 Å². The Balaban J connectivity index is 1.54. The molecule has 15 heteroatoms. The minimum absolute atomic E-state index is 0.0326. The normalized spacial score (nSPS) is 23.7. The van der Waals surface area contributed by atoms with E-state index in [1.54, 1.807) is 0 Å². The molecule has 2 fully saturated rings. The molecule has 13 nitrogen and oxygen atoms in total. The number of amides is 3. The molecule has 2 saturated heterocycles. The molecule has 0 bridgehead atoms. The summed E-state index contributed by atoms with van der Waals surface area (Å²) in [5.41, 5.74) is 0. The van der Waals surface area contributed by atoms with Gasteiger partial charge in [-0.1, -0.05) is 6.42 Å². The zero-order chi connectivity index (χ0) is 25.1. The van der Waals surface area contributed by atoms with Crippen LogP contribution in [0, 0.1) is 0 Å². The Hall–Kier alpha value is -1.86. The lowest BCUT2D eigenvalue weighted by Gasteiger charge is -2.25. The van der Waals surface area contributed by atoms with Crippen molar-refractivity contribution in [2.24, 2.45) is 0 Å². The highest BCUT2D eigenvalue weighted by atomic mass is 32.2. The lowest BCUT2D eigenvalue weighted by atomic mass is 10.0. The van der Waals surface area contributed by atoms with Gasteiger partial charge in [0.15, 0.2) is 6.10 Å². The maximum atomic E-state index is 11.9. The molecule has 0 radical (unpaired) electrons. The maximum Gasteiger partial charge on any atom is 0.315 e. The highest BCUT2D eigenvalue weighted by Crippen LogP contribution is 2.38. The van der Waals surface area contributed by atoms with Gasteiger partial charge < -0.3 is 39.4 Å². The largest absolute Gasteiger partial charge is 0.756 e. The van der Waals surface area contributed by atoms with Crippen molar-refractivity contribution in [1.82, 2.24) is 16.0 Å². The third kappa shape index (κ3) is 10.6. The minimum Gasteiger partial charge on any atom is -0.756 e. The fraction of sp³-hybridized carbons (Fsp3) is 0.789. The van der Waals surface area contributed by atoms with Crippen LogP contribution in [-0.2, 0) is 37.5 Å². The van der Waals surface area contributed by atoms with Crippen LogP contribution in [0.15, 0.2) is 0 Å². The number of phosphoric acid groups is 1. The van der Waals surface area contributed by atoms with Crippen LogP contribution >= 0.6 is 19.6 Å². The molecule has 0 saturated carbocycles. The number of ether oxygens (including phenoxy) is 2. The number of thioether (sulfide) groups is 1. The van der Waals surface area contributed by atoms with E-state index in [4.69, 9.17) is 4.74 Å². The zero-order valence-electron chi connectivity index (χ0n) is 19.1. The number of unbranched alkanes of at least 4 members (excludes halogenated alkanes) is 1. The predicted octanol–water partition coefficient (Wildman–Crippen LogP) is -0.175. The molecule has 5 atom stereocenters. The van der Waals surface area contributed by atoms with E-state index in [1.807, 2.05) is 11.8 Å². The molecule has 3 amide bonds. The van der Waals surface area contributed by atoms with Crippen molar-refractivity contribution < 1.29 is 47.2 Å². The summed E-state index contributed by atoms with van der Waals surface area (Å²) in [6.45, 7) is 0.960. The lowest BCUT2D eigenvalue weighted by Crippen LogP contribution is -2.36. The third-order valence-corrected chi connectivity index (χ3v) is 7.45. The summed E-state index contributed by atoms with van der Waals surface area (Å²) in [4.78, 5) is 57.1. The van der Waals surface area contributed by atoms with Crippen LogP contribution < -0.4 is 20.8 Å². The van der Waals surface area contributed by atoms with E-state index in [9.17, 15) is 28.6 Å². The molecule has 3 unspecified atom stereocenters. The van der Waals surface area contributed by atoms with E-state index >= 15 is 0 Å². The van der Waals surface area contributed by atoms with Crippen molar-refractivity contribution in [3.63, 3.8) is 0 Å². The van der Waals surface area contributed by atoms with Crippen LogP contribution in [0.5, 0.6) is 0 Å². The number of carbonyl (C=O) groups is 4. The predicted molar refractivity (Wildman–Crippen MR) is 119 cm³/mol. The maximum absolute atomic E-state index is 11.9. The van der Waals surface area contributed by atoms with Crippen molar-refractivity contribution in [1.29, 1.82) is 0 Å². The summed E-state index contributed by atoms with van der Waals surface area (Å²) in [6, 6.07) is 0.189. The summed E-state index contributed by atoms with van der Waals surface area (Å²) >= 11 is 1.82. The van der Waals surface area contributed by atoms with Gasteiger partial charge in [0.05, 0.1) is 25.3 Å². The van der Waals surface area contributed by atoms with E-state index in [2.05, 4.69) is 29.7 Å². The van der Waals surface area contributed by atoms with Gasteiger partial charge in [0.25, 0.3) is 7.82 Å². The summed E-state index contributed by atoms with van der Waals surface area (Å²) in [5, 5.41) is 8.73. The Bertz CT molecular complexity index is 785. The number of hydrogen-bond acceptors (Lipinski definition) is 11. The Morgan fingerprint density at radius 3 is 2.65 bits per heavy atom. The smallest absolute Gasteiger partial charge is 0.315 e. The molecule has 0 spiro atoms. The summed E-state index contributed by atoms with van der Waals surface area (Å²) in [7, 11) is -4.72. The van der Waals surface area contributed by atoms with Gasteiger partial charge in [-0.3, -0.25) is 18.9 Å². The van der Waals surface area contributed by atoms with Gasteiger partial charge in [0.2, 0.25) is 5.91 Å². The van der Waals surface area contributed by atoms with Gasteiger partial charge in [0, 0.05) is 37.8 Å². The van der Waals surface area contributed by atoms with Crippen molar-refractivity contribution in [2.45, 2.75) is 63.0 Å². The summed E-state index contributed by atoms with van der Waals surface area (Å²) in [5.74, 6) is -0.661. The fourth-order valence-corrected chi connectivity index (χ4v) is 5.77. The Kier molecular flexibility index (Phi) is 11.6. The number of fused-ring (bicyclic) bond motifs is 1. The Morgan fingerprint density at radius 1 is 1.18 bits per heavy atom. The summed E-state index contributed by atoms with van der Waals surface area (Å²) in [6.07, 6.45) is 1.59. The topological polar surface area (TPSA) is 181 Å². The van der Waals surface area contributed by atoms with Crippen molar-refractivity contribution in [2.75, 3.05) is 32.1 Å². The second kappa shape index (κ2) is 13.9. The van der Waals surface area contributed by atoms with Gasteiger partial charge in [0.1, 0.15) is 6.61 Å². The molecule has 3 N–H and O–H groups in total. The number of hydrogen-bond donors (Lipinski definition) is 3. The molecule has 0 aliphatic carbocycles. The summed E-state index contributed by atoms with van der Waals surface area (Å²) < 4.78 is 30.7. The first kappa shape index (κ1) is 28.4. The number of urea groups is 1. The number of rotatable bonds is 15. The first-order chi connectivity index (χ1) is 16.1. The molecule has 2 aliphatic rings. The zero-order valence-corrected chi connectivity index (χ0v) is 20.8. The van der Waals surface area contributed by atoms with Crippen LogP contribution in [0.1, 0.15) is 39.5 Å². The van der Waals surface area contributed by atoms with Crippen molar-refractivity contribution >= 4 is 43.5 Å². The van der Waals surface area contributed by atoms with E-state index < -0.39 is 32.5 Å². The second-order valence-electron chi connectivity index (χ2n) is 7.83. The average Bonchev–Trinajstić information content (AvgIpc) is 3.29. The first-order valence-electron chi connectivity index (χ1n) is 10.9. The van der Waals surface area contributed by atoms with Crippen LogP contribution in [0.2, 0.25) is 0 Å². The average molecular weight is 525 g/mol. The lowest BCUT2D eigenvalue weighted by molar-refractivity contribution is -0.228. The molecule has 0 aromatic rings. The molecule has 194 valence electrons. The van der Waals surface area contributed by atoms with Crippen LogP contribution in [0.25, 0.3) is 0 Å². The standard InChI is InChI=1S/C19H32N3O10PS/c1-12(23)29-9-14(32-13(2)24)10-31-33(27,28)30-8-7-20-17(25)6-4-3-5-16-18-15(11-34-16)21-19(26)22-18/h14-16,18H,3-11H2,1-2H3,(H,20,25)(H,27,28)(H2,21,22,26)/p-1/t14?,15-,16?,18-/m0/s1. The van der Waals surface area contributed by atoms with Crippen LogP contribution in [-0.4, -0.2) is 79.4 Å². The van der Waals surface area contributed by atoms with Gasteiger partial charge in [-0.2, -0.15) is 11.8 Å². The monoisotopic (exact) mass is 524 g/mol. The highest BCUT2D eigenvalue weighted by molar-refractivity contribution is 8.00. The molecule has 2 rings (SSSR count). The van der Waals surface area contributed by atoms with E-state index in [-0.39, 0.29) is 43.8 Å². The molecule has 2 heterocycles. The van der Waals surface area contributed by atoms with E-state index in [0.29, 0.717) is 18.1 Å². The number of nitrogens with one attached hydrogen (secondary N) is 3. The van der Waals surface area contributed by atoms with Gasteiger partial charge in [-0.05, 0) is 12.8 Å². The molecule has 0 aromatic heterocycles. The van der Waals surface area contributed by atoms with E-state index in [1.165, 1.54) is 0 Å². The van der Waals surface area contributed by atoms with Crippen molar-refractivity contribution in [3.05, 3.63) is 0 Å². The first-order valence-corrected chi connectivity index (χ1v) is 13.4. The number of phosphoric ester groups is 1. The van der Waals surface area contributed by atoms with Crippen LogP contribution in [0.4, 0.5) is 4.79 Å². The SMILES string of the molecule is CC(=O)OCC(COP(=O)([O-])OCCNC(=O)CCCCC1SC[C@@H]2NC(=O)N[C@H]12)OC(C)=O. The fourth-order valence-electron chi connectivity index (χ4n) is 3.48. The molecule has 34 heavy (non-hydrogen) atoms. The molecular weight excluding hydrogens is 493 g/mol. The van der Waals surface area contributed by atoms with Crippen molar-refractivity contribution in [3.8, 4) is 0 Å². The molecule has 2 aliphatic heterocycles. The highest BCUT2D eigenvalue weighted by Gasteiger charge is 2.42. The number of carbonyl (C=O) groups excluding carboxylic acids is 4.